The SMILES string of the molecule is O=C1NCC/C1=C\[C@@H]1CCCN1. The molecule has 0 aromatic rings. The Morgan fingerprint density at radius 3 is 2.92 bits per heavy atom. The number of hydrogen-bond donors (Lipinski definition) is 2. The van der Waals surface area contributed by atoms with E-state index in [1.807, 2.05) is 0 Å². The third-order valence-corrected chi connectivity index (χ3v) is 2.47. The van der Waals surface area contributed by atoms with Crippen LogP contribution in [0.3, 0.4) is 0 Å². The van der Waals surface area contributed by atoms with Crippen molar-refractivity contribution in [1.29, 1.82) is 0 Å². The first-order valence-electron chi connectivity index (χ1n) is 4.58. The van der Waals surface area contributed by atoms with Gasteiger partial charge < -0.3 is 10.6 Å². The first-order valence-corrected chi connectivity index (χ1v) is 4.58. The van der Waals surface area contributed by atoms with Crippen LogP contribution in [0.2, 0.25) is 0 Å². The highest BCUT2D eigenvalue weighted by atomic mass is 16.1. The molecule has 0 spiro atoms. The van der Waals surface area contributed by atoms with Gasteiger partial charge in [0.05, 0.1) is 0 Å². The lowest BCUT2D eigenvalue weighted by Gasteiger charge is -2.03. The molecule has 0 aliphatic carbocycles. The van der Waals surface area contributed by atoms with Crippen LogP contribution in [-0.2, 0) is 4.79 Å². The van der Waals surface area contributed by atoms with Crippen molar-refractivity contribution in [1.82, 2.24) is 10.6 Å². The molecule has 3 heteroatoms. The quantitative estimate of drug-likeness (QED) is 0.546. The lowest BCUT2D eigenvalue weighted by molar-refractivity contribution is -0.116. The fourth-order valence-corrected chi connectivity index (χ4v) is 1.79. The summed E-state index contributed by atoms with van der Waals surface area (Å²) in [4.78, 5) is 11.2. The van der Waals surface area contributed by atoms with E-state index in [2.05, 4.69) is 16.7 Å². The van der Waals surface area contributed by atoms with E-state index in [1.165, 1.54) is 12.8 Å². The summed E-state index contributed by atoms with van der Waals surface area (Å²) in [6.07, 6.45) is 5.40. The van der Waals surface area contributed by atoms with Gasteiger partial charge in [-0.1, -0.05) is 6.08 Å². The van der Waals surface area contributed by atoms with E-state index >= 15 is 0 Å². The molecule has 2 rings (SSSR count). The molecular weight excluding hydrogens is 152 g/mol. The third-order valence-electron chi connectivity index (χ3n) is 2.47. The minimum atomic E-state index is 0.128. The zero-order valence-electron chi connectivity index (χ0n) is 7.10. The van der Waals surface area contributed by atoms with Crippen molar-refractivity contribution >= 4 is 5.91 Å². The molecule has 0 aromatic heterocycles. The zero-order valence-corrected chi connectivity index (χ0v) is 7.10. The standard InChI is InChI=1S/C9H14N2O/c12-9-7(3-5-11-9)6-8-2-1-4-10-8/h6,8,10H,1-5H2,(H,11,12)/b7-6+/t8-/m0/s1. The van der Waals surface area contributed by atoms with Crippen molar-refractivity contribution in [3.8, 4) is 0 Å². The number of hydrogen-bond acceptors (Lipinski definition) is 2. The monoisotopic (exact) mass is 166 g/mol. The second-order valence-electron chi connectivity index (χ2n) is 3.40. The summed E-state index contributed by atoms with van der Waals surface area (Å²) >= 11 is 0. The molecule has 3 nitrogen and oxygen atoms in total. The second-order valence-corrected chi connectivity index (χ2v) is 3.40. The van der Waals surface area contributed by atoms with E-state index in [0.29, 0.717) is 6.04 Å². The van der Waals surface area contributed by atoms with Crippen molar-refractivity contribution in [2.24, 2.45) is 0 Å². The van der Waals surface area contributed by atoms with Gasteiger partial charge in [0.1, 0.15) is 0 Å². The summed E-state index contributed by atoms with van der Waals surface area (Å²) in [6.45, 7) is 1.91. The van der Waals surface area contributed by atoms with Crippen LogP contribution in [-0.4, -0.2) is 25.0 Å². The van der Waals surface area contributed by atoms with Gasteiger partial charge in [0, 0.05) is 18.2 Å². The fourth-order valence-electron chi connectivity index (χ4n) is 1.79. The summed E-state index contributed by atoms with van der Waals surface area (Å²) in [5, 5.41) is 6.16. The van der Waals surface area contributed by atoms with Crippen molar-refractivity contribution < 1.29 is 4.79 Å². The smallest absolute Gasteiger partial charge is 0.247 e. The Kier molecular flexibility index (Phi) is 2.13. The van der Waals surface area contributed by atoms with Gasteiger partial charge in [0.2, 0.25) is 5.91 Å². The summed E-state index contributed by atoms with van der Waals surface area (Å²) < 4.78 is 0. The Bertz CT molecular complexity index is 217. The van der Waals surface area contributed by atoms with Gasteiger partial charge in [-0.25, -0.2) is 0 Å². The zero-order chi connectivity index (χ0) is 8.39. The average molecular weight is 166 g/mol. The van der Waals surface area contributed by atoms with Crippen molar-refractivity contribution in [2.75, 3.05) is 13.1 Å². The molecule has 2 aliphatic rings. The van der Waals surface area contributed by atoms with Gasteiger partial charge in [-0.2, -0.15) is 0 Å². The maximum atomic E-state index is 11.2. The normalized spacial score (nSPS) is 32.8. The van der Waals surface area contributed by atoms with Crippen LogP contribution in [0.5, 0.6) is 0 Å². The summed E-state index contributed by atoms with van der Waals surface area (Å²) in [5.41, 5.74) is 0.967. The molecule has 2 saturated heterocycles. The van der Waals surface area contributed by atoms with E-state index in [1.54, 1.807) is 0 Å². The average Bonchev–Trinajstić information content (AvgIpc) is 2.65. The first kappa shape index (κ1) is 7.80. The number of rotatable bonds is 1. The van der Waals surface area contributed by atoms with E-state index < -0.39 is 0 Å². The van der Waals surface area contributed by atoms with Crippen LogP contribution in [0, 0.1) is 0 Å². The highest BCUT2D eigenvalue weighted by Crippen LogP contribution is 2.13. The lowest BCUT2D eigenvalue weighted by Crippen LogP contribution is -2.20. The van der Waals surface area contributed by atoms with Crippen molar-refractivity contribution in [2.45, 2.75) is 25.3 Å². The van der Waals surface area contributed by atoms with E-state index in [-0.39, 0.29) is 5.91 Å². The topological polar surface area (TPSA) is 41.1 Å². The predicted octanol–water partition coefficient (Wildman–Crippen LogP) is 0.185. The molecule has 2 aliphatic heterocycles. The molecule has 2 heterocycles. The number of nitrogens with one attached hydrogen (secondary N) is 2. The van der Waals surface area contributed by atoms with Gasteiger partial charge >= 0.3 is 0 Å². The first-order chi connectivity index (χ1) is 5.86. The molecule has 2 fully saturated rings. The molecule has 0 radical (unpaired) electrons. The van der Waals surface area contributed by atoms with Crippen LogP contribution in [0.25, 0.3) is 0 Å². The number of carbonyl (C=O) groups is 1. The van der Waals surface area contributed by atoms with Crippen LogP contribution in [0.4, 0.5) is 0 Å². The molecule has 2 N–H and O–H groups in total. The van der Waals surface area contributed by atoms with E-state index in [4.69, 9.17) is 0 Å². The Morgan fingerprint density at radius 1 is 1.42 bits per heavy atom. The van der Waals surface area contributed by atoms with Crippen LogP contribution < -0.4 is 10.6 Å². The molecule has 12 heavy (non-hydrogen) atoms. The van der Waals surface area contributed by atoms with E-state index in [9.17, 15) is 4.79 Å². The molecule has 0 bridgehead atoms. The Labute approximate surface area is 72.2 Å². The highest BCUT2D eigenvalue weighted by molar-refractivity contribution is 5.95. The van der Waals surface area contributed by atoms with Gasteiger partial charge in [0.25, 0.3) is 0 Å². The van der Waals surface area contributed by atoms with Crippen molar-refractivity contribution in [3.63, 3.8) is 0 Å². The molecular formula is C9H14N2O. The Morgan fingerprint density at radius 2 is 2.33 bits per heavy atom. The highest BCUT2D eigenvalue weighted by Gasteiger charge is 2.19. The number of amides is 1. The van der Waals surface area contributed by atoms with Crippen LogP contribution >= 0.6 is 0 Å². The molecule has 0 aromatic carbocycles. The van der Waals surface area contributed by atoms with Gasteiger partial charge in [-0.3, -0.25) is 4.79 Å². The lowest BCUT2D eigenvalue weighted by atomic mass is 10.1. The summed E-state index contributed by atoms with van der Waals surface area (Å²) in [5.74, 6) is 0.128. The van der Waals surface area contributed by atoms with Gasteiger partial charge in [-0.15, -0.1) is 0 Å². The maximum Gasteiger partial charge on any atom is 0.247 e. The molecule has 0 saturated carbocycles. The summed E-state index contributed by atoms with van der Waals surface area (Å²) in [6, 6.07) is 0.448. The summed E-state index contributed by atoms with van der Waals surface area (Å²) in [7, 11) is 0. The Hall–Kier alpha value is -0.830. The van der Waals surface area contributed by atoms with E-state index in [0.717, 1.165) is 25.1 Å². The molecule has 0 unspecified atom stereocenters. The predicted molar refractivity (Wildman–Crippen MR) is 46.7 cm³/mol. The van der Waals surface area contributed by atoms with Gasteiger partial charge in [-0.05, 0) is 25.8 Å². The van der Waals surface area contributed by atoms with Crippen molar-refractivity contribution in [3.05, 3.63) is 11.6 Å². The molecule has 1 atom stereocenters. The molecule has 1 amide bonds. The second kappa shape index (κ2) is 3.27. The Balaban J connectivity index is 2.01. The maximum absolute atomic E-state index is 11.2. The van der Waals surface area contributed by atoms with Crippen LogP contribution in [0.1, 0.15) is 19.3 Å². The van der Waals surface area contributed by atoms with Gasteiger partial charge in [0.15, 0.2) is 0 Å². The largest absolute Gasteiger partial charge is 0.352 e. The minimum Gasteiger partial charge on any atom is -0.352 e. The number of carbonyl (C=O) groups excluding carboxylic acids is 1. The fraction of sp³-hybridized carbons (Fsp3) is 0.667. The minimum absolute atomic E-state index is 0.128. The molecule has 66 valence electrons. The third kappa shape index (κ3) is 1.50. The van der Waals surface area contributed by atoms with Crippen LogP contribution in [0.15, 0.2) is 11.6 Å².